The second-order valence-electron chi connectivity index (χ2n) is 8.29. The number of ketones is 1. The molecule has 4 rings (SSSR count). The maximum absolute atomic E-state index is 14.1. The van der Waals surface area contributed by atoms with Crippen LogP contribution in [0.1, 0.15) is 35.6 Å². The van der Waals surface area contributed by atoms with Crippen molar-refractivity contribution in [3.8, 4) is 11.5 Å². The van der Waals surface area contributed by atoms with E-state index in [0.717, 1.165) is 4.88 Å². The predicted octanol–water partition coefficient (Wildman–Crippen LogP) is 3.70. The quantitative estimate of drug-likeness (QED) is 0.476. The van der Waals surface area contributed by atoms with Gasteiger partial charge < -0.3 is 24.3 Å². The third-order valence-electron chi connectivity index (χ3n) is 6.53. The Balaban J connectivity index is 1.93. The van der Waals surface area contributed by atoms with Crippen molar-refractivity contribution in [1.29, 1.82) is 0 Å². The molecule has 184 valence electrons. The first kappa shape index (κ1) is 24.5. The number of methoxy groups -OCH3 is 4. The molecule has 2 heterocycles. The Kier molecular flexibility index (Phi) is 6.98. The number of allylic oxidation sites excluding steroid dienone is 3. The van der Waals surface area contributed by atoms with Crippen LogP contribution < -0.4 is 14.8 Å². The van der Waals surface area contributed by atoms with Crippen molar-refractivity contribution in [3.63, 3.8) is 0 Å². The van der Waals surface area contributed by atoms with Gasteiger partial charge in [0.15, 0.2) is 17.3 Å². The fraction of sp³-hybridized carbons (Fsp3) is 0.346. The largest absolute Gasteiger partial charge is 0.493 e. The number of ether oxygens (including phenoxy) is 4. The fourth-order valence-corrected chi connectivity index (χ4v) is 5.81. The van der Waals surface area contributed by atoms with Crippen molar-refractivity contribution >= 4 is 29.1 Å². The van der Waals surface area contributed by atoms with Crippen LogP contribution in [0, 0.1) is 5.92 Å². The number of carbonyl (C=O) groups excluding carboxylic acids is 3. The third-order valence-corrected chi connectivity index (χ3v) is 7.53. The summed E-state index contributed by atoms with van der Waals surface area (Å²) in [7, 11) is 5.62. The second-order valence-corrected chi connectivity index (χ2v) is 9.27. The maximum Gasteiger partial charge on any atom is 0.336 e. The van der Waals surface area contributed by atoms with Crippen LogP contribution in [-0.2, 0) is 23.9 Å². The average molecular weight is 498 g/mol. The van der Waals surface area contributed by atoms with Crippen LogP contribution in [0.5, 0.6) is 11.5 Å². The van der Waals surface area contributed by atoms with Crippen molar-refractivity contribution in [2.45, 2.75) is 25.2 Å². The zero-order chi connectivity index (χ0) is 25.3. The Morgan fingerprint density at radius 1 is 1.03 bits per heavy atom. The molecular weight excluding hydrogens is 470 g/mol. The van der Waals surface area contributed by atoms with Crippen molar-refractivity contribution in [1.82, 2.24) is 5.32 Å². The topological polar surface area (TPSA) is 100 Å². The lowest BCUT2D eigenvalue weighted by Crippen LogP contribution is -2.43. The SMILES string of the molecule is COC(=O)C1=C(C)NC2=C(C(=O)[C@H](C(=O)OC)[C@@H](c3cccs3)C2)[C@@H]1c1ccc(OC)c(OC)c1. The third kappa shape index (κ3) is 4.20. The summed E-state index contributed by atoms with van der Waals surface area (Å²) in [6.45, 7) is 1.78. The van der Waals surface area contributed by atoms with Gasteiger partial charge in [-0.15, -0.1) is 11.3 Å². The van der Waals surface area contributed by atoms with Gasteiger partial charge in [-0.3, -0.25) is 9.59 Å². The van der Waals surface area contributed by atoms with Gasteiger partial charge in [0.25, 0.3) is 0 Å². The molecule has 8 nitrogen and oxygen atoms in total. The molecule has 0 fully saturated rings. The molecule has 0 spiro atoms. The van der Waals surface area contributed by atoms with Gasteiger partial charge in [0.1, 0.15) is 5.92 Å². The summed E-state index contributed by atoms with van der Waals surface area (Å²) in [6, 6.07) is 9.05. The Labute approximate surface area is 207 Å². The Hall–Kier alpha value is -3.59. The van der Waals surface area contributed by atoms with Gasteiger partial charge in [-0.2, -0.15) is 0 Å². The van der Waals surface area contributed by atoms with Crippen molar-refractivity contribution in [2.75, 3.05) is 28.4 Å². The van der Waals surface area contributed by atoms with Gasteiger partial charge in [0.2, 0.25) is 0 Å². The van der Waals surface area contributed by atoms with Crippen LogP contribution in [0.2, 0.25) is 0 Å². The number of esters is 2. The minimum absolute atomic E-state index is 0.296. The van der Waals surface area contributed by atoms with Crippen LogP contribution in [-0.4, -0.2) is 46.2 Å². The molecular formula is C26H27NO7S. The number of dihydropyridines is 1. The first-order valence-corrected chi connectivity index (χ1v) is 11.9. The highest BCUT2D eigenvalue weighted by atomic mass is 32.1. The highest BCUT2D eigenvalue weighted by molar-refractivity contribution is 7.10. The molecule has 3 atom stereocenters. The molecule has 1 aromatic carbocycles. The van der Waals surface area contributed by atoms with E-state index >= 15 is 0 Å². The zero-order valence-corrected chi connectivity index (χ0v) is 21.0. The Bertz CT molecular complexity index is 1230. The fourth-order valence-electron chi connectivity index (χ4n) is 4.95. The summed E-state index contributed by atoms with van der Waals surface area (Å²) in [5.41, 5.74) is 2.56. The molecule has 1 aromatic heterocycles. The van der Waals surface area contributed by atoms with Gasteiger partial charge in [0, 0.05) is 33.7 Å². The first-order chi connectivity index (χ1) is 16.9. The number of rotatable bonds is 6. The Morgan fingerprint density at radius 2 is 1.77 bits per heavy atom. The van der Waals surface area contributed by atoms with Crippen LogP contribution >= 0.6 is 11.3 Å². The van der Waals surface area contributed by atoms with E-state index in [0.29, 0.717) is 46.0 Å². The number of benzene rings is 1. The minimum atomic E-state index is -1.03. The van der Waals surface area contributed by atoms with E-state index in [2.05, 4.69) is 5.32 Å². The molecule has 35 heavy (non-hydrogen) atoms. The number of hydrogen-bond acceptors (Lipinski definition) is 9. The molecule has 0 bridgehead atoms. The minimum Gasteiger partial charge on any atom is -0.493 e. The number of thiophene rings is 1. The van der Waals surface area contributed by atoms with Crippen molar-refractivity contribution < 1.29 is 33.3 Å². The second kappa shape index (κ2) is 9.95. The lowest BCUT2D eigenvalue weighted by atomic mass is 9.68. The summed E-state index contributed by atoms with van der Waals surface area (Å²) in [4.78, 5) is 40.8. The molecule has 1 aliphatic heterocycles. The van der Waals surface area contributed by atoms with Crippen LogP contribution in [0.25, 0.3) is 0 Å². The molecule has 0 saturated carbocycles. The lowest BCUT2D eigenvalue weighted by molar-refractivity contribution is -0.149. The van der Waals surface area contributed by atoms with Gasteiger partial charge in [-0.1, -0.05) is 12.1 Å². The summed E-state index contributed by atoms with van der Waals surface area (Å²) >= 11 is 1.49. The molecule has 1 N–H and O–H groups in total. The molecule has 0 unspecified atom stereocenters. The van der Waals surface area contributed by atoms with E-state index in [1.165, 1.54) is 39.8 Å². The highest BCUT2D eigenvalue weighted by Crippen LogP contribution is 2.49. The number of Topliss-reactive ketones (excluding diaryl/α,β-unsaturated/α-hetero) is 1. The zero-order valence-electron chi connectivity index (χ0n) is 20.2. The molecule has 2 aromatic rings. The molecule has 9 heteroatoms. The summed E-state index contributed by atoms with van der Waals surface area (Å²) in [5.74, 6) is -2.74. The monoisotopic (exact) mass is 497 g/mol. The van der Waals surface area contributed by atoms with Gasteiger partial charge >= 0.3 is 11.9 Å². The smallest absolute Gasteiger partial charge is 0.336 e. The van der Waals surface area contributed by atoms with Crippen LogP contribution in [0.3, 0.4) is 0 Å². The van der Waals surface area contributed by atoms with Crippen molar-refractivity contribution in [3.05, 3.63) is 68.7 Å². The van der Waals surface area contributed by atoms with Crippen LogP contribution in [0.4, 0.5) is 0 Å². The standard InChI is InChI=1S/C26H27NO7S/c1-13-20(25(29)33-4)21(14-8-9-17(31-2)18(11-14)32-3)23-16(27-13)12-15(19-7-6-10-35-19)22(24(23)28)26(30)34-5/h6-11,15,21-22,27H,12H2,1-5H3/t15-,21-,22-/m1/s1. The van der Waals surface area contributed by atoms with E-state index in [1.807, 2.05) is 17.5 Å². The van der Waals surface area contributed by atoms with Crippen molar-refractivity contribution in [2.24, 2.45) is 5.92 Å². The number of hydrogen-bond donors (Lipinski definition) is 1. The molecule has 1 aliphatic carbocycles. The molecule has 0 amide bonds. The van der Waals surface area contributed by atoms with Crippen LogP contribution in [0.15, 0.2) is 58.3 Å². The Morgan fingerprint density at radius 3 is 2.37 bits per heavy atom. The molecule has 0 radical (unpaired) electrons. The molecule has 0 saturated heterocycles. The normalized spacial score (nSPS) is 21.7. The highest BCUT2D eigenvalue weighted by Gasteiger charge is 2.49. The van der Waals surface area contributed by atoms with E-state index < -0.39 is 23.8 Å². The number of nitrogens with one attached hydrogen (secondary N) is 1. The summed E-state index contributed by atoms with van der Waals surface area (Å²) in [5, 5.41) is 5.18. The van der Waals surface area contributed by atoms with E-state index in [-0.39, 0.29) is 11.7 Å². The predicted molar refractivity (Wildman–Crippen MR) is 129 cm³/mol. The van der Waals surface area contributed by atoms with Gasteiger partial charge in [0.05, 0.1) is 34.0 Å². The van der Waals surface area contributed by atoms with E-state index in [1.54, 1.807) is 25.1 Å². The lowest BCUT2D eigenvalue weighted by Gasteiger charge is -2.39. The summed E-state index contributed by atoms with van der Waals surface area (Å²) < 4.78 is 21.0. The average Bonchev–Trinajstić information content (AvgIpc) is 3.41. The maximum atomic E-state index is 14.1. The van der Waals surface area contributed by atoms with Gasteiger partial charge in [-0.25, -0.2) is 4.79 Å². The first-order valence-electron chi connectivity index (χ1n) is 11.0. The van der Waals surface area contributed by atoms with E-state index in [9.17, 15) is 14.4 Å². The summed E-state index contributed by atoms with van der Waals surface area (Å²) in [6.07, 6.45) is 0.414. The van der Waals surface area contributed by atoms with E-state index in [4.69, 9.17) is 18.9 Å². The molecule has 2 aliphatic rings. The number of carbonyl (C=O) groups is 3. The van der Waals surface area contributed by atoms with Gasteiger partial charge in [-0.05, 0) is 42.5 Å².